The first kappa shape index (κ1) is 17.1. The number of rotatable bonds is 4. The second kappa shape index (κ2) is 6.66. The smallest absolute Gasteiger partial charge is 0.225 e. The minimum Gasteiger partial charge on any atom is -0.389 e. The van der Waals surface area contributed by atoms with Gasteiger partial charge in [-0.2, -0.15) is 4.98 Å². The van der Waals surface area contributed by atoms with Crippen molar-refractivity contribution in [3.05, 3.63) is 17.4 Å². The van der Waals surface area contributed by atoms with Gasteiger partial charge in [0.15, 0.2) is 5.82 Å². The van der Waals surface area contributed by atoms with Crippen LogP contribution < -0.4 is 9.80 Å². The summed E-state index contributed by atoms with van der Waals surface area (Å²) in [5, 5.41) is 10.2. The zero-order valence-corrected chi connectivity index (χ0v) is 14.9. The highest BCUT2D eigenvalue weighted by atomic mass is 35.5. The largest absolute Gasteiger partial charge is 0.389 e. The second-order valence-corrected chi connectivity index (χ2v) is 6.96. The van der Waals surface area contributed by atoms with Crippen molar-refractivity contribution in [3.63, 3.8) is 0 Å². The Kier molecular flexibility index (Phi) is 4.76. The quantitative estimate of drug-likeness (QED) is 0.840. The van der Waals surface area contributed by atoms with Crippen LogP contribution in [0.1, 0.15) is 13.8 Å². The van der Waals surface area contributed by atoms with E-state index in [2.05, 4.69) is 14.9 Å². The Labute approximate surface area is 146 Å². The number of halogens is 1. The highest BCUT2D eigenvalue weighted by molar-refractivity contribution is 6.28. The van der Waals surface area contributed by atoms with Crippen LogP contribution >= 0.6 is 11.6 Å². The van der Waals surface area contributed by atoms with Crippen molar-refractivity contribution in [2.75, 3.05) is 49.7 Å². The molecule has 24 heavy (non-hydrogen) atoms. The SMILES string of the molecule is CN(CC(C)(C)O)c1ccc2nc(Cl)nc(N3CCOCC3)c2n1. The van der Waals surface area contributed by atoms with Gasteiger partial charge in [-0.3, -0.25) is 0 Å². The highest BCUT2D eigenvalue weighted by Gasteiger charge is 2.20. The third-order valence-electron chi connectivity index (χ3n) is 3.81. The lowest BCUT2D eigenvalue weighted by atomic mass is 10.1. The van der Waals surface area contributed by atoms with Crippen molar-refractivity contribution in [1.29, 1.82) is 0 Å². The van der Waals surface area contributed by atoms with E-state index in [-0.39, 0.29) is 5.28 Å². The molecule has 1 saturated heterocycles. The topological polar surface area (TPSA) is 74.6 Å². The second-order valence-electron chi connectivity index (χ2n) is 6.62. The summed E-state index contributed by atoms with van der Waals surface area (Å²) < 4.78 is 5.41. The number of ether oxygens (including phenoxy) is 1. The van der Waals surface area contributed by atoms with Crippen molar-refractivity contribution in [2.45, 2.75) is 19.4 Å². The normalized spacial score (nSPS) is 15.8. The Balaban J connectivity index is 2.02. The van der Waals surface area contributed by atoms with Crippen LogP contribution in [0.4, 0.5) is 11.6 Å². The van der Waals surface area contributed by atoms with Crippen LogP contribution in [-0.2, 0) is 4.74 Å². The predicted molar refractivity (Wildman–Crippen MR) is 94.9 cm³/mol. The Morgan fingerprint density at radius 3 is 2.62 bits per heavy atom. The summed E-state index contributed by atoms with van der Waals surface area (Å²) in [7, 11) is 1.90. The van der Waals surface area contributed by atoms with E-state index in [0.717, 1.165) is 24.7 Å². The molecule has 0 aromatic carbocycles. The van der Waals surface area contributed by atoms with Crippen LogP contribution in [0.15, 0.2) is 12.1 Å². The molecule has 3 heterocycles. The molecule has 0 amide bonds. The molecule has 1 aliphatic rings. The molecule has 8 heteroatoms. The molecule has 2 aromatic heterocycles. The zero-order chi connectivity index (χ0) is 17.3. The maximum atomic E-state index is 10.0. The molecule has 0 unspecified atom stereocenters. The van der Waals surface area contributed by atoms with Crippen molar-refractivity contribution < 1.29 is 9.84 Å². The standard InChI is InChI=1S/C16H22ClN5O2/c1-16(2,23)10-21(3)12-5-4-11-13(19-12)14(20-15(17)18-11)22-6-8-24-9-7-22/h4-5,23H,6-10H2,1-3H3. The van der Waals surface area contributed by atoms with Crippen molar-refractivity contribution in [3.8, 4) is 0 Å². The van der Waals surface area contributed by atoms with E-state index in [1.165, 1.54) is 0 Å². The summed E-state index contributed by atoms with van der Waals surface area (Å²) in [6, 6.07) is 3.76. The van der Waals surface area contributed by atoms with Gasteiger partial charge in [-0.1, -0.05) is 0 Å². The maximum Gasteiger partial charge on any atom is 0.225 e. The van der Waals surface area contributed by atoms with Gasteiger partial charge in [0.1, 0.15) is 11.3 Å². The summed E-state index contributed by atoms with van der Waals surface area (Å²) in [6.45, 7) is 6.80. The summed E-state index contributed by atoms with van der Waals surface area (Å²) in [5.41, 5.74) is 0.604. The maximum absolute atomic E-state index is 10.0. The lowest BCUT2D eigenvalue weighted by molar-refractivity contribution is 0.0884. The Hall–Kier alpha value is -1.70. The van der Waals surface area contributed by atoms with Gasteiger partial charge in [0.25, 0.3) is 0 Å². The zero-order valence-electron chi connectivity index (χ0n) is 14.2. The molecule has 0 atom stereocenters. The number of nitrogens with zero attached hydrogens (tertiary/aromatic N) is 5. The van der Waals surface area contributed by atoms with Gasteiger partial charge in [-0.05, 0) is 37.6 Å². The molecular formula is C16H22ClN5O2. The fourth-order valence-electron chi connectivity index (χ4n) is 2.83. The molecule has 7 nitrogen and oxygen atoms in total. The number of pyridine rings is 1. The molecule has 1 fully saturated rings. The number of likely N-dealkylation sites (N-methyl/N-ethyl adjacent to an activating group) is 1. The fourth-order valence-corrected chi connectivity index (χ4v) is 3.00. The first-order chi connectivity index (χ1) is 11.3. The first-order valence-corrected chi connectivity index (χ1v) is 8.32. The van der Waals surface area contributed by atoms with Gasteiger partial charge >= 0.3 is 0 Å². The number of anilines is 2. The minimum absolute atomic E-state index is 0.211. The van der Waals surface area contributed by atoms with Crippen molar-refractivity contribution in [1.82, 2.24) is 15.0 Å². The monoisotopic (exact) mass is 351 g/mol. The lowest BCUT2D eigenvalue weighted by Crippen LogP contribution is -2.37. The fraction of sp³-hybridized carbons (Fsp3) is 0.562. The molecule has 0 spiro atoms. The predicted octanol–water partition coefficient (Wildman–Crippen LogP) is 1.72. The molecule has 1 aliphatic heterocycles. The average molecular weight is 352 g/mol. The van der Waals surface area contributed by atoms with E-state index in [9.17, 15) is 5.11 Å². The van der Waals surface area contributed by atoms with E-state index < -0.39 is 5.60 Å². The van der Waals surface area contributed by atoms with Gasteiger partial charge in [0.05, 0.1) is 24.3 Å². The first-order valence-electron chi connectivity index (χ1n) is 7.94. The van der Waals surface area contributed by atoms with Gasteiger partial charge in [0, 0.05) is 26.7 Å². The van der Waals surface area contributed by atoms with Gasteiger partial charge in [-0.15, -0.1) is 0 Å². The molecule has 0 bridgehead atoms. The molecule has 0 aliphatic carbocycles. The Morgan fingerprint density at radius 2 is 1.96 bits per heavy atom. The van der Waals surface area contributed by atoms with E-state index in [1.54, 1.807) is 13.8 Å². The summed E-state index contributed by atoms with van der Waals surface area (Å²) in [4.78, 5) is 17.4. The van der Waals surface area contributed by atoms with Crippen LogP contribution in [0, 0.1) is 0 Å². The highest BCUT2D eigenvalue weighted by Crippen LogP contribution is 2.27. The minimum atomic E-state index is -0.811. The number of morpholine rings is 1. The van der Waals surface area contributed by atoms with Crippen LogP contribution in [0.2, 0.25) is 5.28 Å². The van der Waals surface area contributed by atoms with Gasteiger partial charge in [-0.25, -0.2) is 9.97 Å². The third kappa shape index (κ3) is 3.85. The summed E-state index contributed by atoms with van der Waals surface area (Å²) in [5.74, 6) is 1.48. The molecule has 130 valence electrons. The Morgan fingerprint density at radius 1 is 1.25 bits per heavy atom. The third-order valence-corrected chi connectivity index (χ3v) is 3.98. The van der Waals surface area contributed by atoms with Crippen LogP contribution in [0.3, 0.4) is 0 Å². The number of hydrogen-bond donors (Lipinski definition) is 1. The van der Waals surface area contributed by atoms with E-state index >= 15 is 0 Å². The van der Waals surface area contributed by atoms with E-state index in [4.69, 9.17) is 21.3 Å². The van der Waals surface area contributed by atoms with Crippen molar-refractivity contribution >= 4 is 34.3 Å². The summed E-state index contributed by atoms with van der Waals surface area (Å²) in [6.07, 6.45) is 0. The molecule has 0 radical (unpaired) electrons. The number of aromatic nitrogens is 3. The molecule has 0 saturated carbocycles. The summed E-state index contributed by atoms with van der Waals surface area (Å²) >= 11 is 6.08. The van der Waals surface area contributed by atoms with Gasteiger partial charge in [0.2, 0.25) is 5.28 Å². The van der Waals surface area contributed by atoms with Crippen LogP contribution in [0.5, 0.6) is 0 Å². The lowest BCUT2D eigenvalue weighted by Gasteiger charge is -2.29. The number of fused-ring (bicyclic) bond motifs is 1. The van der Waals surface area contributed by atoms with Crippen LogP contribution in [-0.4, -0.2) is 65.6 Å². The molecular weight excluding hydrogens is 330 g/mol. The average Bonchev–Trinajstić information content (AvgIpc) is 2.53. The Bertz CT molecular complexity index is 728. The molecule has 1 N–H and O–H groups in total. The van der Waals surface area contributed by atoms with E-state index in [1.807, 2.05) is 24.1 Å². The van der Waals surface area contributed by atoms with Crippen LogP contribution in [0.25, 0.3) is 11.0 Å². The number of aliphatic hydroxyl groups is 1. The molecule has 3 rings (SSSR count). The molecule has 2 aromatic rings. The number of hydrogen-bond acceptors (Lipinski definition) is 7. The van der Waals surface area contributed by atoms with Gasteiger partial charge < -0.3 is 19.6 Å². The van der Waals surface area contributed by atoms with Crippen molar-refractivity contribution in [2.24, 2.45) is 0 Å². The van der Waals surface area contributed by atoms with E-state index in [0.29, 0.717) is 30.8 Å².